The maximum atomic E-state index is 11.7. The van der Waals surface area contributed by atoms with Gasteiger partial charge >= 0.3 is 5.63 Å². The molecule has 0 aliphatic heterocycles. The van der Waals surface area contributed by atoms with Gasteiger partial charge in [0.05, 0.1) is 20.3 Å². The van der Waals surface area contributed by atoms with Gasteiger partial charge in [-0.15, -0.1) is 0 Å². The average Bonchev–Trinajstić information content (AvgIpc) is 2.75. The van der Waals surface area contributed by atoms with E-state index in [0.717, 1.165) is 25.7 Å². The molecule has 1 aliphatic carbocycles. The molecule has 0 spiro atoms. The van der Waals surface area contributed by atoms with Crippen LogP contribution in [0.25, 0.3) is 11.0 Å². The number of methoxy groups -OCH3 is 2. The molecule has 32 heavy (non-hydrogen) atoms. The largest absolute Gasteiger partial charge is 0.493 e. The van der Waals surface area contributed by atoms with Crippen LogP contribution < -0.4 is 19.8 Å². The summed E-state index contributed by atoms with van der Waals surface area (Å²) in [6.45, 7) is 10.9. The van der Waals surface area contributed by atoms with Crippen LogP contribution in [-0.4, -0.2) is 32.0 Å². The molecule has 3 rings (SSSR count). The summed E-state index contributed by atoms with van der Waals surface area (Å²) in [6, 6.07) is 4.78. The van der Waals surface area contributed by atoms with Gasteiger partial charge in [-0.1, -0.05) is 31.6 Å². The highest BCUT2D eigenvalue weighted by Crippen LogP contribution is 2.46. The molecule has 0 saturated heterocycles. The molecule has 2 atom stereocenters. The molecule has 0 unspecified atom stereocenters. The molecule has 1 heterocycles. The molecular weight excluding hydrogens is 408 g/mol. The Morgan fingerprint density at radius 2 is 2.03 bits per heavy atom. The van der Waals surface area contributed by atoms with Crippen LogP contribution >= 0.6 is 0 Å². The lowest BCUT2D eigenvalue weighted by Gasteiger charge is -2.44. The minimum Gasteiger partial charge on any atom is -0.493 e. The molecule has 1 fully saturated rings. The van der Waals surface area contributed by atoms with Crippen LogP contribution in [0.3, 0.4) is 0 Å². The van der Waals surface area contributed by atoms with Crippen molar-refractivity contribution in [3.63, 3.8) is 0 Å². The fourth-order valence-corrected chi connectivity index (χ4v) is 4.56. The second-order valence-corrected chi connectivity index (χ2v) is 9.10. The third kappa shape index (κ3) is 4.85. The highest BCUT2D eigenvalue weighted by Gasteiger charge is 2.40. The van der Waals surface area contributed by atoms with Crippen LogP contribution in [0.2, 0.25) is 0 Å². The number of rotatable bonds is 8. The van der Waals surface area contributed by atoms with E-state index in [9.17, 15) is 9.90 Å². The van der Waals surface area contributed by atoms with E-state index in [0.29, 0.717) is 40.7 Å². The Balaban J connectivity index is 1.72. The highest BCUT2D eigenvalue weighted by atomic mass is 16.5. The van der Waals surface area contributed by atoms with Crippen LogP contribution in [0, 0.1) is 11.3 Å². The topological polar surface area (TPSA) is 78.1 Å². The summed E-state index contributed by atoms with van der Waals surface area (Å²) < 4.78 is 22.3. The van der Waals surface area contributed by atoms with Crippen LogP contribution in [-0.2, 0) is 0 Å². The van der Waals surface area contributed by atoms with E-state index in [-0.39, 0.29) is 11.5 Å². The van der Waals surface area contributed by atoms with Gasteiger partial charge in [-0.25, -0.2) is 4.79 Å². The second kappa shape index (κ2) is 9.82. The molecule has 174 valence electrons. The smallest absolute Gasteiger partial charge is 0.336 e. The molecular formula is C26H34O6. The monoisotopic (exact) mass is 442 g/mol. The number of aliphatic hydroxyl groups excluding tert-OH is 1. The molecule has 1 N–H and O–H groups in total. The van der Waals surface area contributed by atoms with Crippen LogP contribution in [0.4, 0.5) is 0 Å². The zero-order valence-corrected chi connectivity index (χ0v) is 19.7. The SMILES string of the molecule is C=C1CC[C@@H](O)C(C)(C)[C@H]1CCC(C)=CCOc1c(OC)cc2ccc(=O)oc2c1OC. The molecule has 0 radical (unpaired) electrons. The normalized spacial score (nSPS) is 20.9. The van der Waals surface area contributed by atoms with E-state index in [1.165, 1.54) is 24.3 Å². The van der Waals surface area contributed by atoms with Crippen molar-refractivity contribution < 1.29 is 23.7 Å². The molecule has 2 aromatic rings. The number of benzene rings is 1. The van der Waals surface area contributed by atoms with Gasteiger partial charge in [0.15, 0.2) is 11.3 Å². The van der Waals surface area contributed by atoms with Crippen molar-refractivity contribution in [2.75, 3.05) is 20.8 Å². The van der Waals surface area contributed by atoms with Crippen LogP contribution in [0.15, 0.2) is 51.2 Å². The summed E-state index contributed by atoms with van der Waals surface area (Å²) in [4.78, 5) is 11.7. The zero-order valence-electron chi connectivity index (χ0n) is 19.7. The van der Waals surface area contributed by atoms with Crippen molar-refractivity contribution in [3.05, 3.63) is 52.4 Å². The van der Waals surface area contributed by atoms with Crippen molar-refractivity contribution in [2.24, 2.45) is 11.3 Å². The quantitative estimate of drug-likeness (QED) is 0.443. The van der Waals surface area contributed by atoms with Gasteiger partial charge in [-0.3, -0.25) is 0 Å². The number of fused-ring (bicyclic) bond motifs is 1. The summed E-state index contributed by atoms with van der Waals surface area (Å²) >= 11 is 0. The van der Waals surface area contributed by atoms with Crippen molar-refractivity contribution >= 4 is 11.0 Å². The van der Waals surface area contributed by atoms with Gasteiger partial charge in [0.25, 0.3) is 0 Å². The maximum Gasteiger partial charge on any atom is 0.336 e. The molecule has 1 aromatic heterocycles. The standard InChI is InChI=1S/C26H34O6/c1-16(7-10-19-17(2)8-11-21(27)26(19,3)4)13-14-31-24-20(29-5)15-18-9-12-22(28)32-23(18)25(24)30-6/h9,12-13,15,19,21,27H,2,7-8,10-11,14H2,1,3-6H3/t19-,21+/m0/s1. The molecule has 1 aromatic carbocycles. The third-order valence-electron chi connectivity index (χ3n) is 6.69. The predicted octanol–water partition coefficient (Wildman–Crippen LogP) is 5.27. The van der Waals surface area contributed by atoms with Crippen molar-refractivity contribution in [2.45, 2.75) is 52.6 Å². The lowest BCUT2D eigenvalue weighted by Crippen LogP contribution is -2.41. The third-order valence-corrected chi connectivity index (χ3v) is 6.69. The lowest BCUT2D eigenvalue weighted by atomic mass is 9.63. The molecule has 0 amide bonds. The average molecular weight is 443 g/mol. The first-order valence-electron chi connectivity index (χ1n) is 11.0. The summed E-state index contributed by atoms with van der Waals surface area (Å²) in [7, 11) is 3.06. The van der Waals surface area contributed by atoms with E-state index in [1.54, 1.807) is 19.2 Å². The Labute approximate surface area is 189 Å². The fourth-order valence-electron chi connectivity index (χ4n) is 4.56. The molecule has 1 saturated carbocycles. The highest BCUT2D eigenvalue weighted by molar-refractivity contribution is 5.88. The Bertz CT molecular complexity index is 1060. The number of hydrogen-bond donors (Lipinski definition) is 1. The second-order valence-electron chi connectivity index (χ2n) is 9.10. The van der Waals surface area contributed by atoms with Crippen LogP contribution in [0.5, 0.6) is 17.2 Å². The molecule has 0 bridgehead atoms. The van der Waals surface area contributed by atoms with Crippen molar-refractivity contribution in [1.29, 1.82) is 0 Å². The summed E-state index contributed by atoms with van der Waals surface area (Å²) in [6.07, 6.45) is 5.25. The van der Waals surface area contributed by atoms with Crippen LogP contribution in [0.1, 0.15) is 46.5 Å². The van der Waals surface area contributed by atoms with Gasteiger partial charge in [0.2, 0.25) is 11.5 Å². The molecule has 6 nitrogen and oxygen atoms in total. The van der Waals surface area contributed by atoms with E-state index in [2.05, 4.69) is 27.4 Å². The lowest BCUT2D eigenvalue weighted by molar-refractivity contribution is -0.00881. The first-order valence-corrected chi connectivity index (χ1v) is 11.0. The van der Waals surface area contributed by atoms with Crippen molar-refractivity contribution in [3.8, 4) is 17.2 Å². The van der Waals surface area contributed by atoms with E-state index >= 15 is 0 Å². The Kier molecular flexibility index (Phi) is 7.34. The zero-order chi connectivity index (χ0) is 23.5. The first-order chi connectivity index (χ1) is 15.2. The van der Waals surface area contributed by atoms with Gasteiger partial charge < -0.3 is 23.7 Å². The van der Waals surface area contributed by atoms with Gasteiger partial charge in [-0.2, -0.15) is 0 Å². The number of allylic oxidation sites excluding steroid dienone is 2. The minimum atomic E-state index is -0.458. The Morgan fingerprint density at radius 3 is 2.72 bits per heavy atom. The molecule has 1 aliphatic rings. The van der Waals surface area contributed by atoms with E-state index in [4.69, 9.17) is 18.6 Å². The Hall–Kier alpha value is -2.73. The van der Waals surface area contributed by atoms with E-state index < -0.39 is 5.63 Å². The predicted molar refractivity (Wildman–Crippen MR) is 126 cm³/mol. The number of ether oxygens (including phenoxy) is 3. The van der Waals surface area contributed by atoms with Crippen molar-refractivity contribution in [1.82, 2.24) is 0 Å². The minimum absolute atomic E-state index is 0.165. The summed E-state index contributed by atoms with van der Waals surface area (Å²) in [5.41, 5.74) is 2.13. The summed E-state index contributed by atoms with van der Waals surface area (Å²) in [5.74, 6) is 1.52. The van der Waals surface area contributed by atoms with Gasteiger partial charge in [0, 0.05) is 11.5 Å². The van der Waals surface area contributed by atoms with Gasteiger partial charge in [0.1, 0.15) is 6.61 Å². The first kappa shape index (κ1) is 23.9. The number of aliphatic hydroxyl groups is 1. The fraction of sp³-hybridized carbons (Fsp3) is 0.500. The maximum absolute atomic E-state index is 11.7. The van der Waals surface area contributed by atoms with Gasteiger partial charge in [-0.05, 0) is 62.1 Å². The Morgan fingerprint density at radius 1 is 1.28 bits per heavy atom. The number of hydrogen-bond acceptors (Lipinski definition) is 6. The molecule has 6 heteroatoms. The summed E-state index contributed by atoms with van der Waals surface area (Å²) in [5, 5.41) is 11.1. The van der Waals surface area contributed by atoms with E-state index in [1.807, 2.05) is 6.08 Å².